The van der Waals surface area contributed by atoms with Crippen molar-refractivity contribution in [3.05, 3.63) is 29.8 Å². The number of alkyl halides is 3. The van der Waals surface area contributed by atoms with E-state index in [4.69, 9.17) is 0 Å². The first kappa shape index (κ1) is 8.35. The van der Waals surface area contributed by atoms with E-state index in [2.05, 4.69) is 34.5 Å². The van der Waals surface area contributed by atoms with Crippen molar-refractivity contribution in [2.75, 3.05) is 19.2 Å². The third-order valence-electron chi connectivity index (χ3n) is 2.19. The Hall–Kier alpha value is -0.250. The van der Waals surface area contributed by atoms with Crippen LogP contribution in [-0.2, 0) is 6.42 Å². The first-order chi connectivity index (χ1) is 5.86. The number of para-hydroxylation sites is 1. The molecule has 1 aliphatic heterocycles. The normalized spacial score (nSPS) is 19.2. The van der Waals surface area contributed by atoms with Crippen LogP contribution in [0.1, 0.15) is 5.56 Å². The Labute approximate surface area is 80.9 Å². The van der Waals surface area contributed by atoms with Gasteiger partial charge in [0.05, 0.1) is 0 Å². The molecule has 1 aromatic rings. The molecule has 2 rings (SSSR count). The Morgan fingerprint density at radius 2 is 2.17 bits per heavy atom. The summed E-state index contributed by atoms with van der Waals surface area (Å²) in [6, 6.07) is 8.70. The minimum atomic E-state index is -0.596. The summed E-state index contributed by atoms with van der Waals surface area (Å²) in [6.07, 6.45) is 1.30. The summed E-state index contributed by atoms with van der Waals surface area (Å²) in [6.45, 7) is 0. The summed E-state index contributed by atoms with van der Waals surface area (Å²) in [7, 11) is 0. The zero-order chi connectivity index (χ0) is 8.39. The molecule has 0 aromatic heterocycles. The van der Waals surface area contributed by atoms with E-state index in [-0.39, 0.29) is 0 Å². The van der Waals surface area contributed by atoms with Gasteiger partial charge in [-0.3, -0.25) is 0 Å². The second-order valence-corrected chi connectivity index (χ2v) is 9.10. The molecule has 66 valence electrons. The van der Waals surface area contributed by atoms with Crippen LogP contribution in [0.25, 0.3) is 0 Å². The molecule has 2 heteroatoms. The monoisotopic (exact) mass is 275 g/mol. The van der Waals surface area contributed by atoms with Gasteiger partial charge < -0.3 is 0 Å². The average Bonchev–Trinajstić information content (AvgIpc) is 2.29. The Morgan fingerprint density at radius 1 is 1.33 bits per heavy atom. The third-order valence-corrected chi connectivity index (χ3v) is 6.25. The number of hydrogen-bond acceptors (Lipinski definition) is 1. The number of anilines is 1. The zero-order valence-corrected chi connectivity index (χ0v) is 9.47. The van der Waals surface area contributed by atoms with E-state index >= 15 is 0 Å². The zero-order valence-electron chi connectivity index (χ0n) is 7.31. The van der Waals surface area contributed by atoms with Gasteiger partial charge >= 0.3 is 81.0 Å². The fraction of sp³-hybridized carbons (Fsp3) is 0.400. The van der Waals surface area contributed by atoms with Crippen molar-refractivity contribution in [1.82, 2.24) is 0 Å². The molecular weight excluding hydrogens is 261 g/mol. The Morgan fingerprint density at radius 3 is 3.08 bits per heavy atom. The quantitative estimate of drug-likeness (QED) is 0.436. The summed E-state index contributed by atoms with van der Waals surface area (Å²) < 4.78 is 2.74. The van der Waals surface area contributed by atoms with Crippen LogP contribution in [0.4, 0.5) is 5.69 Å². The van der Waals surface area contributed by atoms with Gasteiger partial charge in [-0.15, -0.1) is 0 Å². The predicted octanol–water partition coefficient (Wildman–Crippen LogP) is 2.75. The van der Waals surface area contributed by atoms with Crippen molar-refractivity contribution in [1.29, 1.82) is 0 Å². The van der Waals surface area contributed by atoms with Gasteiger partial charge in [-0.05, 0) is 0 Å². The number of nitrogens with one attached hydrogen (secondary N) is 1. The molecule has 1 nitrogen and oxygen atoms in total. The summed E-state index contributed by atoms with van der Waals surface area (Å²) in [4.78, 5) is 2.46. The van der Waals surface area contributed by atoms with Crippen molar-refractivity contribution < 1.29 is 0 Å². The summed E-state index contributed by atoms with van der Waals surface area (Å²) in [5.41, 5.74) is 2.89. The van der Waals surface area contributed by atoms with Gasteiger partial charge in [-0.25, -0.2) is 0 Å². The van der Waals surface area contributed by atoms with Gasteiger partial charge in [0, 0.05) is 0 Å². The maximum atomic E-state index is 3.54. The maximum absolute atomic E-state index is 3.54. The number of aryl methyl sites for hydroxylation is 1. The average molecular weight is 275 g/mol. The molecule has 0 saturated carbocycles. The number of hydrogen-bond donors (Lipinski definition) is 1. The van der Waals surface area contributed by atoms with Crippen LogP contribution in [0, 0.1) is 0 Å². The van der Waals surface area contributed by atoms with Gasteiger partial charge in [0.1, 0.15) is 0 Å². The first-order valence-electron chi connectivity index (χ1n) is 4.20. The molecule has 0 bridgehead atoms. The van der Waals surface area contributed by atoms with E-state index in [1.54, 1.807) is 0 Å². The van der Waals surface area contributed by atoms with Crippen LogP contribution in [0.5, 0.6) is 0 Å². The molecule has 1 heterocycles. The standard InChI is InChI=1S/C10H14IN/c1-11-7-6-9-4-2-3-5-10(9)12-8-11/h2-5,12H,6-8H2,1H3. The van der Waals surface area contributed by atoms with E-state index < -0.39 is 19.8 Å². The SMILES string of the molecule is CI1CCc2ccccc2NC1. The van der Waals surface area contributed by atoms with Gasteiger partial charge in [-0.1, -0.05) is 0 Å². The number of rotatable bonds is 0. The van der Waals surface area contributed by atoms with E-state index in [1.807, 2.05) is 0 Å². The van der Waals surface area contributed by atoms with Gasteiger partial charge in [0.25, 0.3) is 0 Å². The van der Waals surface area contributed by atoms with Gasteiger partial charge in [-0.2, -0.15) is 0 Å². The van der Waals surface area contributed by atoms with Crippen molar-refractivity contribution >= 4 is 25.5 Å². The molecule has 0 atom stereocenters. The molecular formula is C10H14IN. The molecule has 0 unspecified atom stereocenters. The summed E-state index contributed by atoms with van der Waals surface area (Å²) >= 11 is -0.596. The number of halogens is 1. The molecule has 0 saturated heterocycles. The van der Waals surface area contributed by atoms with Crippen LogP contribution in [-0.4, -0.2) is 13.9 Å². The molecule has 0 aliphatic carbocycles. The molecule has 0 amide bonds. The predicted molar refractivity (Wildman–Crippen MR) is 63.4 cm³/mol. The van der Waals surface area contributed by atoms with Crippen LogP contribution in [0.2, 0.25) is 0 Å². The molecule has 1 aliphatic rings. The van der Waals surface area contributed by atoms with Crippen molar-refractivity contribution in [2.45, 2.75) is 6.42 Å². The molecule has 1 N–H and O–H groups in total. The Balaban J connectivity index is 2.26. The second-order valence-electron chi connectivity index (χ2n) is 3.13. The molecule has 12 heavy (non-hydrogen) atoms. The number of fused-ring (bicyclic) bond motifs is 1. The van der Waals surface area contributed by atoms with Gasteiger partial charge in [0.15, 0.2) is 0 Å². The Kier molecular flexibility index (Phi) is 2.54. The first-order valence-corrected chi connectivity index (χ1v) is 9.41. The minimum absolute atomic E-state index is 0.596. The molecule has 0 spiro atoms. The molecule has 0 fully saturated rings. The molecule has 0 radical (unpaired) electrons. The fourth-order valence-corrected chi connectivity index (χ4v) is 4.37. The van der Waals surface area contributed by atoms with Gasteiger partial charge in [0.2, 0.25) is 0 Å². The van der Waals surface area contributed by atoms with E-state index in [9.17, 15) is 0 Å². The van der Waals surface area contributed by atoms with E-state index in [0.29, 0.717) is 0 Å². The fourth-order valence-electron chi connectivity index (χ4n) is 1.43. The molecule has 1 aromatic carbocycles. The van der Waals surface area contributed by atoms with Crippen LogP contribution in [0.15, 0.2) is 24.3 Å². The van der Waals surface area contributed by atoms with Crippen LogP contribution in [0.3, 0.4) is 0 Å². The van der Waals surface area contributed by atoms with E-state index in [0.717, 1.165) is 0 Å². The Bertz CT molecular complexity index is 245. The summed E-state index contributed by atoms with van der Waals surface area (Å²) in [5.74, 6) is 0. The summed E-state index contributed by atoms with van der Waals surface area (Å²) in [5, 5.41) is 3.54. The van der Waals surface area contributed by atoms with E-state index in [1.165, 1.54) is 26.7 Å². The third kappa shape index (κ3) is 1.73. The van der Waals surface area contributed by atoms with Crippen molar-refractivity contribution in [2.24, 2.45) is 0 Å². The number of benzene rings is 1. The second kappa shape index (κ2) is 3.64. The van der Waals surface area contributed by atoms with Crippen molar-refractivity contribution in [3.63, 3.8) is 0 Å². The topological polar surface area (TPSA) is 12.0 Å². The van der Waals surface area contributed by atoms with Crippen LogP contribution >= 0.6 is 19.8 Å². The van der Waals surface area contributed by atoms with Crippen molar-refractivity contribution in [3.8, 4) is 0 Å². The van der Waals surface area contributed by atoms with Crippen LogP contribution < -0.4 is 5.32 Å².